The van der Waals surface area contributed by atoms with Crippen molar-refractivity contribution < 1.29 is 24.1 Å². The standard InChI is InChI=1S/C23H21ClN2O5/c1-29-20-12-17(8-9-19(20)31-14-15-6-4-3-5-7-15)23(28)26-25-13-16-10-18(24)22(27)21(11-16)30-2/h3-13,27H,14H2,1-2H3,(H,26,28)/b25-13+. The quantitative estimate of drug-likeness (QED) is 0.400. The molecule has 0 spiro atoms. The van der Waals surface area contributed by atoms with Crippen LogP contribution in [0, 0.1) is 0 Å². The van der Waals surface area contributed by atoms with Crippen molar-refractivity contribution in [3.05, 3.63) is 82.4 Å². The number of phenolic OH excluding ortho intramolecular Hbond substituents is 1. The van der Waals surface area contributed by atoms with Crippen LogP contribution < -0.4 is 19.6 Å². The first-order valence-corrected chi connectivity index (χ1v) is 9.64. The lowest BCUT2D eigenvalue weighted by molar-refractivity contribution is 0.0954. The lowest BCUT2D eigenvalue weighted by Crippen LogP contribution is -2.17. The molecule has 31 heavy (non-hydrogen) atoms. The van der Waals surface area contributed by atoms with Crippen molar-refractivity contribution in [3.8, 4) is 23.0 Å². The van der Waals surface area contributed by atoms with E-state index in [-0.39, 0.29) is 16.5 Å². The summed E-state index contributed by atoms with van der Waals surface area (Å²) >= 11 is 5.94. The molecule has 0 heterocycles. The number of amides is 1. The Morgan fingerprint density at radius 3 is 2.48 bits per heavy atom. The van der Waals surface area contributed by atoms with Crippen LogP contribution in [-0.4, -0.2) is 31.4 Å². The number of nitrogens with one attached hydrogen (secondary N) is 1. The van der Waals surface area contributed by atoms with Crippen LogP contribution in [-0.2, 0) is 6.61 Å². The highest BCUT2D eigenvalue weighted by molar-refractivity contribution is 6.32. The third-order valence-electron chi connectivity index (χ3n) is 4.31. The maximum absolute atomic E-state index is 12.4. The van der Waals surface area contributed by atoms with E-state index in [1.54, 1.807) is 24.3 Å². The summed E-state index contributed by atoms with van der Waals surface area (Å²) in [6.07, 6.45) is 1.39. The SMILES string of the molecule is COc1cc(C(=O)N/N=C/c2cc(Cl)c(O)c(OC)c2)ccc1OCc1ccccc1. The van der Waals surface area contributed by atoms with Gasteiger partial charge in [0.2, 0.25) is 0 Å². The number of phenols is 1. The molecule has 0 radical (unpaired) electrons. The van der Waals surface area contributed by atoms with Crippen molar-refractivity contribution in [1.82, 2.24) is 5.43 Å². The topological polar surface area (TPSA) is 89.4 Å². The minimum atomic E-state index is -0.430. The highest BCUT2D eigenvalue weighted by atomic mass is 35.5. The van der Waals surface area contributed by atoms with E-state index in [2.05, 4.69) is 10.5 Å². The van der Waals surface area contributed by atoms with Gasteiger partial charge in [-0.05, 0) is 41.5 Å². The van der Waals surface area contributed by atoms with E-state index in [4.69, 9.17) is 25.8 Å². The molecule has 8 heteroatoms. The molecule has 0 saturated carbocycles. The van der Waals surface area contributed by atoms with Gasteiger partial charge in [-0.25, -0.2) is 5.43 Å². The van der Waals surface area contributed by atoms with Crippen LogP contribution in [0.2, 0.25) is 5.02 Å². The number of nitrogens with zero attached hydrogens (tertiary/aromatic N) is 1. The van der Waals surface area contributed by atoms with Gasteiger partial charge in [0.1, 0.15) is 6.61 Å². The molecule has 0 atom stereocenters. The van der Waals surface area contributed by atoms with Gasteiger partial charge in [0, 0.05) is 5.56 Å². The van der Waals surface area contributed by atoms with Gasteiger partial charge in [0.25, 0.3) is 5.91 Å². The molecule has 3 aromatic carbocycles. The van der Waals surface area contributed by atoms with Gasteiger partial charge in [-0.15, -0.1) is 0 Å². The van der Waals surface area contributed by atoms with Gasteiger partial charge in [-0.2, -0.15) is 5.10 Å². The van der Waals surface area contributed by atoms with E-state index >= 15 is 0 Å². The highest BCUT2D eigenvalue weighted by Crippen LogP contribution is 2.34. The molecule has 0 fully saturated rings. The first-order chi connectivity index (χ1) is 15.0. The minimum absolute atomic E-state index is 0.114. The van der Waals surface area contributed by atoms with Crippen molar-refractivity contribution in [2.45, 2.75) is 6.61 Å². The average Bonchev–Trinajstić information content (AvgIpc) is 2.80. The van der Waals surface area contributed by atoms with Crippen LogP contribution in [0.4, 0.5) is 0 Å². The maximum atomic E-state index is 12.4. The number of hydrazone groups is 1. The molecule has 0 aliphatic carbocycles. The van der Waals surface area contributed by atoms with Gasteiger partial charge in [0.15, 0.2) is 23.0 Å². The summed E-state index contributed by atoms with van der Waals surface area (Å²) in [5.74, 6) is 0.573. The molecule has 0 aliphatic heterocycles. The van der Waals surface area contributed by atoms with Crippen molar-refractivity contribution in [2.75, 3.05) is 14.2 Å². The molecule has 160 valence electrons. The summed E-state index contributed by atoms with van der Waals surface area (Å²) in [6.45, 7) is 0.381. The highest BCUT2D eigenvalue weighted by Gasteiger charge is 2.12. The second-order valence-electron chi connectivity index (χ2n) is 6.39. The Kier molecular flexibility index (Phi) is 7.35. The van der Waals surface area contributed by atoms with Crippen molar-refractivity contribution in [1.29, 1.82) is 0 Å². The normalized spacial score (nSPS) is 10.7. The molecule has 0 aliphatic rings. The Labute approximate surface area is 184 Å². The molecule has 7 nitrogen and oxygen atoms in total. The number of hydrogen-bond donors (Lipinski definition) is 2. The second-order valence-corrected chi connectivity index (χ2v) is 6.80. The molecule has 2 N–H and O–H groups in total. The molecule has 0 aromatic heterocycles. The molecule has 1 amide bonds. The van der Waals surface area contributed by atoms with Crippen LogP contribution in [0.1, 0.15) is 21.5 Å². The Morgan fingerprint density at radius 1 is 1.03 bits per heavy atom. The number of methoxy groups -OCH3 is 2. The molecule has 0 saturated heterocycles. The van der Waals surface area contributed by atoms with Crippen LogP contribution in [0.15, 0.2) is 65.8 Å². The first-order valence-electron chi connectivity index (χ1n) is 9.26. The van der Waals surface area contributed by atoms with Gasteiger partial charge < -0.3 is 19.3 Å². The fourth-order valence-corrected chi connectivity index (χ4v) is 2.94. The molecular weight excluding hydrogens is 420 g/mol. The fourth-order valence-electron chi connectivity index (χ4n) is 2.72. The van der Waals surface area contributed by atoms with E-state index in [0.29, 0.717) is 29.2 Å². The first kappa shape index (κ1) is 22.0. The summed E-state index contributed by atoms with van der Waals surface area (Å²) in [5, 5.41) is 13.8. The monoisotopic (exact) mass is 440 g/mol. The fraction of sp³-hybridized carbons (Fsp3) is 0.130. The van der Waals surface area contributed by atoms with E-state index in [1.807, 2.05) is 30.3 Å². The van der Waals surface area contributed by atoms with Crippen molar-refractivity contribution in [2.24, 2.45) is 5.10 Å². The summed E-state index contributed by atoms with van der Waals surface area (Å²) < 4.78 is 16.2. The number of benzene rings is 3. The number of rotatable bonds is 8. The zero-order chi connectivity index (χ0) is 22.2. The number of hydrogen-bond acceptors (Lipinski definition) is 6. The summed E-state index contributed by atoms with van der Waals surface area (Å²) in [4.78, 5) is 12.4. The van der Waals surface area contributed by atoms with E-state index in [0.717, 1.165) is 5.56 Å². The maximum Gasteiger partial charge on any atom is 0.271 e. The zero-order valence-corrected chi connectivity index (χ0v) is 17.7. The largest absolute Gasteiger partial charge is 0.503 e. The summed E-state index contributed by atoms with van der Waals surface area (Å²) in [7, 11) is 2.92. The predicted molar refractivity (Wildman–Crippen MR) is 118 cm³/mol. The van der Waals surface area contributed by atoms with E-state index in [9.17, 15) is 9.90 Å². The van der Waals surface area contributed by atoms with Crippen molar-refractivity contribution >= 4 is 23.7 Å². The van der Waals surface area contributed by atoms with Gasteiger partial charge >= 0.3 is 0 Å². The number of ether oxygens (including phenoxy) is 3. The number of halogens is 1. The minimum Gasteiger partial charge on any atom is -0.503 e. The molecular formula is C23H21ClN2O5. The van der Waals surface area contributed by atoms with Crippen LogP contribution in [0.5, 0.6) is 23.0 Å². The molecule has 3 aromatic rings. The Morgan fingerprint density at radius 2 is 1.77 bits per heavy atom. The third kappa shape index (κ3) is 5.67. The number of carbonyl (C=O) groups is 1. The number of carbonyl (C=O) groups excluding carboxylic acids is 1. The van der Waals surface area contributed by atoms with Gasteiger partial charge in [-0.1, -0.05) is 41.9 Å². The van der Waals surface area contributed by atoms with Crippen LogP contribution in [0.25, 0.3) is 0 Å². The van der Waals surface area contributed by atoms with E-state index < -0.39 is 5.91 Å². The van der Waals surface area contributed by atoms with Crippen LogP contribution >= 0.6 is 11.6 Å². The Hall–Kier alpha value is -3.71. The van der Waals surface area contributed by atoms with E-state index in [1.165, 1.54) is 26.5 Å². The average molecular weight is 441 g/mol. The molecule has 0 unspecified atom stereocenters. The third-order valence-corrected chi connectivity index (χ3v) is 4.60. The summed E-state index contributed by atoms with van der Waals surface area (Å²) in [6, 6.07) is 17.6. The smallest absolute Gasteiger partial charge is 0.271 e. The lowest BCUT2D eigenvalue weighted by Gasteiger charge is -2.12. The van der Waals surface area contributed by atoms with Gasteiger partial charge in [-0.3, -0.25) is 4.79 Å². The number of aromatic hydroxyl groups is 1. The lowest BCUT2D eigenvalue weighted by atomic mass is 10.2. The van der Waals surface area contributed by atoms with Crippen molar-refractivity contribution in [3.63, 3.8) is 0 Å². The van der Waals surface area contributed by atoms with Crippen LogP contribution in [0.3, 0.4) is 0 Å². The zero-order valence-electron chi connectivity index (χ0n) is 17.0. The second kappa shape index (κ2) is 10.4. The molecule has 0 bridgehead atoms. The summed E-state index contributed by atoms with van der Waals surface area (Å²) in [5.41, 5.74) is 4.35. The Bertz CT molecular complexity index is 1090. The van der Waals surface area contributed by atoms with Gasteiger partial charge in [0.05, 0.1) is 25.5 Å². The molecule has 3 rings (SSSR count). The Balaban J connectivity index is 1.66. The predicted octanol–water partition coefficient (Wildman–Crippen LogP) is 4.41.